The van der Waals surface area contributed by atoms with E-state index in [1.54, 1.807) is 0 Å². The second-order valence-electron chi connectivity index (χ2n) is 4.42. The van der Waals surface area contributed by atoms with Crippen LogP contribution in [-0.2, 0) is 6.42 Å². The Kier molecular flexibility index (Phi) is 3.64. The Morgan fingerprint density at radius 3 is 2.87 bits per heavy atom. The second-order valence-corrected chi connectivity index (χ2v) is 4.42. The van der Waals surface area contributed by atoms with Gasteiger partial charge in [-0.1, -0.05) is 32.1 Å². The number of hydrogen-bond acceptors (Lipinski definition) is 3. The predicted molar refractivity (Wildman–Crippen MR) is 60.9 cm³/mol. The van der Waals surface area contributed by atoms with Gasteiger partial charge >= 0.3 is 0 Å². The maximum Gasteiger partial charge on any atom is 0.294 e. The molecule has 0 atom stereocenters. The number of rotatable bonds is 4. The number of hydrogen-bond donors (Lipinski definition) is 1. The van der Waals surface area contributed by atoms with Crippen molar-refractivity contribution < 1.29 is 4.42 Å². The lowest BCUT2D eigenvalue weighted by molar-refractivity contribution is 0.331. The molecule has 0 radical (unpaired) electrons. The summed E-state index contributed by atoms with van der Waals surface area (Å²) in [7, 11) is 1.83. The monoisotopic (exact) mass is 208 g/mol. The molecule has 1 aromatic heterocycles. The summed E-state index contributed by atoms with van der Waals surface area (Å²) in [6, 6.07) is 0.633. The van der Waals surface area contributed by atoms with Crippen LogP contribution >= 0.6 is 0 Å². The molecule has 0 aliphatic heterocycles. The van der Waals surface area contributed by atoms with Crippen LogP contribution in [-0.4, -0.2) is 12.0 Å². The molecule has 2 rings (SSSR count). The number of aromatic nitrogens is 1. The van der Waals surface area contributed by atoms with Crippen molar-refractivity contribution >= 4 is 6.01 Å². The van der Waals surface area contributed by atoms with E-state index in [2.05, 4.69) is 10.3 Å². The van der Waals surface area contributed by atoms with Gasteiger partial charge in [0.15, 0.2) is 0 Å². The van der Waals surface area contributed by atoms with Crippen molar-refractivity contribution in [2.45, 2.75) is 44.9 Å². The van der Waals surface area contributed by atoms with Gasteiger partial charge in [-0.05, 0) is 12.3 Å². The van der Waals surface area contributed by atoms with Gasteiger partial charge in [0.1, 0.15) is 5.76 Å². The highest BCUT2D eigenvalue weighted by atomic mass is 16.4. The van der Waals surface area contributed by atoms with Crippen LogP contribution in [0, 0.1) is 5.92 Å². The fourth-order valence-electron chi connectivity index (χ4n) is 2.36. The molecule has 0 saturated heterocycles. The van der Waals surface area contributed by atoms with Gasteiger partial charge in [0.2, 0.25) is 0 Å². The first-order valence-corrected chi connectivity index (χ1v) is 6.01. The zero-order valence-electron chi connectivity index (χ0n) is 9.46. The van der Waals surface area contributed by atoms with Gasteiger partial charge in [-0.15, -0.1) is 0 Å². The van der Waals surface area contributed by atoms with E-state index in [-0.39, 0.29) is 0 Å². The Morgan fingerprint density at radius 1 is 1.40 bits per heavy atom. The van der Waals surface area contributed by atoms with Crippen molar-refractivity contribution in [2.24, 2.45) is 5.92 Å². The third-order valence-corrected chi connectivity index (χ3v) is 3.29. The summed E-state index contributed by atoms with van der Waals surface area (Å²) in [5.41, 5.74) is 0. The maximum atomic E-state index is 5.50. The van der Waals surface area contributed by atoms with E-state index in [1.165, 1.54) is 38.5 Å². The molecule has 1 aromatic rings. The quantitative estimate of drug-likeness (QED) is 0.825. The number of aryl methyl sites for hydroxylation is 1. The van der Waals surface area contributed by atoms with Crippen LogP contribution < -0.4 is 5.32 Å². The molecule has 0 spiro atoms. The van der Waals surface area contributed by atoms with Gasteiger partial charge in [-0.25, -0.2) is 4.98 Å². The normalized spacial score (nSPS) is 17.9. The van der Waals surface area contributed by atoms with Gasteiger partial charge in [0, 0.05) is 13.5 Å². The fourth-order valence-corrected chi connectivity index (χ4v) is 2.36. The van der Waals surface area contributed by atoms with Crippen LogP contribution in [0.4, 0.5) is 6.01 Å². The number of anilines is 1. The minimum atomic E-state index is 0.633. The van der Waals surface area contributed by atoms with Crippen molar-refractivity contribution in [1.82, 2.24) is 4.98 Å². The first kappa shape index (κ1) is 10.5. The van der Waals surface area contributed by atoms with Gasteiger partial charge < -0.3 is 9.73 Å². The standard InChI is InChI=1S/C12H20N2O/c1-13-12-14-9-11(15-12)8-7-10-5-3-2-4-6-10/h9-10H,2-8H2,1H3,(H,13,14). The molecule has 1 heterocycles. The van der Waals surface area contributed by atoms with E-state index >= 15 is 0 Å². The molecule has 84 valence electrons. The molecular formula is C12H20N2O. The Labute approximate surface area is 91.3 Å². The molecule has 0 amide bonds. The van der Waals surface area contributed by atoms with Gasteiger partial charge in [-0.2, -0.15) is 0 Å². The minimum absolute atomic E-state index is 0.633. The Hall–Kier alpha value is -0.990. The summed E-state index contributed by atoms with van der Waals surface area (Å²) in [6.45, 7) is 0. The number of nitrogens with zero attached hydrogens (tertiary/aromatic N) is 1. The smallest absolute Gasteiger partial charge is 0.294 e. The van der Waals surface area contributed by atoms with E-state index in [4.69, 9.17) is 4.42 Å². The Bertz CT molecular complexity index is 290. The summed E-state index contributed by atoms with van der Waals surface area (Å²) < 4.78 is 5.50. The third-order valence-electron chi connectivity index (χ3n) is 3.29. The van der Waals surface area contributed by atoms with Crippen molar-refractivity contribution in [3.8, 4) is 0 Å². The van der Waals surface area contributed by atoms with Crippen LogP contribution in [0.15, 0.2) is 10.6 Å². The summed E-state index contributed by atoms with van der Waals surface area (Å²) >= 11 is 0. The number of oxazole rings is 1. The molecule has 1 saturated carbocycles. The highest BCUT2D eigenvalue weighted by Crippen LogP contribution is 2.27. The van der Waals surface area contributed by atoms with Crippen molar-refractivity contribution in [1.29, 1.82) is 0 Å². The fraction of sp³-hybridized carbons (Fsp3) is 0.750. The molecule has 0 unspecified atom stereocenters. The topological polar surface area (TPSA) is 38.1 Å². The molecule has 0 bridgehead atoms. The SMILES string of the molecule is CNc1ncc(CCC2CCCCC2)o1. The molecule has 15 heavy (non-hydrogen) atoms. The largest absolute Gasteiger partial charge is 0.429 e. The lowest BCUT2D eigenvalue weighted by Crippen LogP contribution is -2.06. The van der Waals surface area contributed by atoms with Crippen molar-refractivity contribution in [2.75, 3.05) is 12.4 Å². The summed E-state index contributed by atoms with van der Waals surface area (Å²) in [6.07, 6.45) is 11.2. The third kappa shape index (κ3) is 2.98. The van der Waals surface area contributed by atoms with Gasteiger partial charge in [0.25, 0.3) is 6.01 Å². The maximum absolute atomic E-state index is 5.50. The van der Waals surface area contributed by atoms with Crippen LogP contribution in [0.3, 0.4) is 0 Å². The highest BCUT2D eigenvalue weighted by molar-refractivity contribution is 5.18. The average molecular weight is 208 g/mol. The first-order valence-electron chi connectivity index (χ1n) is 6.01. The summed E-state index contributed by atoms with van der Waals surface area (Å²) in [5.74, 6) is 1.94. The van der Waals surface area contributed by atoms with Crippen molar-refractivity contribution in [3.63, 3.8) is 0 Å². The van der Waals surface area contributed by atoms with Crippen molar-refractivity contribution in [3.05, 3.63) is 12.0 Å². The van der Waals surface area contributed by atoms with E-state index < -0.39 is 0 Å². The Balaban J connectivity index is 1.76. The molecule has 3 heteroatoms. The highest BCUT2D eigenvalue weighted by Gasteiger charge is 2.14. The van der Waals surface area contributed by atoms with E-state index in [1.807, 2.05) is 13.2 Å². The Morgan fingerprint density at radius 2 is 2.20 bits per heavy atom. The van der Waals surface area contributed by atoms with Gasteiger partial charge in [0.05, 0.1) is 6.20 Å². The van der Waals surface area contributed by atoms with E-state index in [9.17, 15) is 0 Å². The van der Waals surface area contributed by atoms with Crippen LogP contribution in [0.1, 0.15) is 44.3 Å². The molecule has 3 nitrogen and oxygen atoms in total. The van der Waals surface area contributed by atoms with Gasteiger partial charge in [-0.3, -0.25) is 0 Å². The molecular weight excluding hydrogens is 188 g/mol. The zero-order chi connectivity index (χ0) is 10.5. The second kappa shape index (κ2) is 5.19. The van der Waals surface area contributed by atoms with E-state index in [0.29, 0.717) is 6.01 Å². The van der Waals surface area contributed by atoms with Crippen LogP contribution in [0.5, 0.6) is 0 Å². The molecule has 1 N–H and O–H groups in total. The molecule has 1 aliphatic rings. The van der Waals surface area contributed by atoms with Crippen LogP contribution in [0.25, 0.3) is 0 Å². The molecule has 1 aliphatic carbocycles. The summed E-state index contributed by atoms with van der Waals surface area (Å²) in [5, 5.41) is 2.91. The van der Waals surface area contributed by atoms with Crippen LogP contribution in [0.2, 0.25) is 0 Å². The molecule has 1 fully saturated rings. The predicted octanol–water partition coefficient (Wildman–Crippen LogP) is 3.23. The molecule has 0 aromatic carbocycles. The zero-order valence-corrected chi connectivity index (χ0v) is 9.46. The van der Waals surface area contributed by atoms with E-state index in [0.717, 1.165) is 18.1 Å². The number of nitrogens with one attached hydrogen (secondary N) is 1. The lowest BCUT2D eigenvalue weighted by atomic mass is 9.86. The average Bonchev–Trinajstić information content (AvgIpc) is 2.76. The first-order chi connectivity index (χ1) is 7.38. The summed E-state index contributed by atoms with van der Waals surface area (Å²) in [4.78, 5) is 4.12. The lowest BCUT2D eigenvalue weighted by Gasteiger charge is -2.20. The minimum Gasteiger partial charge on any atom is -0.429 e.